The molecule has 1 aliphatic heterocycles. The Morgan fingerprint density at radius 2 is 2.09 bits per heavy atom. The topological polar surface area (TPSA) is 115 Å². The summed E-state index contributed by atoms with van der Waals surface area (Å²) >= 11 is 0. The number of hydrogen-bond donors (Lipinski definition) is 4. The minimum absolute atomic E-state index is 0.0960. The SMILES string of the molecule is COC(CN)CNC(/C=C\C(=O)Nc1ccc(N)cc1)=C1CO1. The molecule has 1 saturated heterocycles. The molecule has 23 heavy (non-hydrogen) atoms. The van der Waals surface area contributed by atoms with E-state index in [9.17, 15) is 4.79 Å². The van der Waals surface area contributed by atoms with Gasteiger partial charge in [0, 0.05) is 37.7 Å². The standard InChI is InChI=1S/C16H22N4O3/c1-22-13(8-17)9-19-14(15-10-23-15)6-7-16(21)20-12-4-2-11(18)3-5-12/h2-7,13,19H,8-10,17-18H2,1H3,(H,20,21)/b7-6-,15-14?. The highest BCUT2D eigenvalue weighted by Gasteiger charge is 2.19. The molecule has 0 aromatic heterocycles. The van der Waals surface area contributed by atoms with E-state index < -0.39 is 0 Å². The van der Waals surface area contributed by atoms with E-state index in [0.29, 0.717) is 31.1 Å². The van der Waals surface area contributed by atoms with Crippen LogP contribution >= 0.6 is 0 Å². The average Bonchev–Trinajstić information content (AvgIpc) is 3.38. The number of allylic oxidation sites excluding steroid dienone is 1. The van der Waals surface area contributed by atoms with Crippen LogP contribution in [-0.2, 0) is 14.3 Å². The predicted molar refractivity (Wildman–Crippen MR) is 89.5 cm³/mol. The number of nitrogen functional groups attached to an aromatic ring is 1. The Morgan fingerprint density at radius 3 is 2.65 bits per heavy atom. The first-order valence-corrected chi connectivity index (χ1v) is 7.29. The lowest BCUT2D eigenvalue weighted by Gasteiger charge is -2.14. The van der Waals surface area contributed by atoms with Crippen LogP contribution in [0.4, 0.5) is 11.4 Å². The van der Waals surface area contributed by atoms with Crippen molar-refractivity contribution in [3.8, 4) is 0 Å². The Hall–Kier alpha value is -2.51. The van der Waals surface area contributed by atoms with Crippen molar-refractivity contribution < 1.29 is 14.3 Å². The lowest BCUT2D eigenvalue weighted by molar-refractivity contribution is -0.111. The van der Waals surface area contributed by atoms with Gasteiger partial charge in [-0.05, 0) is 30.3 Å². The summed E-state index contributed by atoms with van der Waals surface area (Å²) in [6.45, 7) is 1.51. The van der Waals surface area contributed by atoms with Gasteiger partial charge in [-0.15, -0.1) is 0 Å². The summed E-state index contributed by atoms with van der Waals surface area (Å²) in [6, 6.07) is 6.94. The number of nitrogens with two attached hydrogens (primary N) is 2. The van der Waals surface area contributed by atoms with Gasteiger partial charge in [0.1, 0.15) is 6.61 Å². The molecule has 1 aromatic carbocycles. The van der Waals surface area contributed by atoms with Crippen LogP contribution in [-0.4, -0.2) is 38.8 Å². The van der Waals surface area contributed by atoms with E-state index in [4.69, 9.17) is 20.9 Å². The van der Waals surface area contributed by atoms with E-state index in [1.807, 2.05) is 0 Å². The number of rotatable bonds is 8. The number of ether oxygens (including phenoxy) is 2. The fraction of sp³-hybridized carbons (Fsp3) is 0.312. The van der Waals surface area contributed by atoms with Gasteiger partial charge in [0.25, 0.3) is 0 Å². The van der Waals surface area contributed by atoms with Crippen LogP contribution in [0.2, 0.25) is 0 Å². The van der Waals surface area contributed by atoms with Crippen molar-refractivity contribution in [3.63, 3.8) is 0 Å². The zero-order chi connectivity index (χ0) is 16.7. The van der Waals surface area contributed by atoms with Crippen LogP contribution in [0.15, 0.2) is 47.9 Å². The highest BCUT2D eigenvalue weighted by molar-refractivity contribution is 5.99. The largest absolute Gasteiger partial charge is 0.484 e. The number of methoxy groups -OCH3 is 1. The Balaban J connectivity index is 1.89. The van der Waals surface area contributed by atoms with E-state index in [1.165, 1.54) is 6.08 Å². The first-order chi connectivity index (χ1) is 11.1. The summed E-state index contributed by atoms with van der Waals surface area (Å²) in [5.41, 5.74) is 13.3. The smallest absolute Gasteiger partial charge is 0.248 e. The van der Waals surface area contributed by atoms with Crippen LogP contribution in [0, 0.1) is 0 Å². The molecule has 0 radical (unpaired) electrons. The number of nitrogens with one attached hydrogen (secondary N) is 2. The Morgan fingerprint density at radius 1 is 1.39 bits per heavy atom. The molecule has 1 atom stereocenters. The molecule has 0 saturated carbocycles. The maximum atomic E-state index is 11.9. The number of carbonyl (C=O) groups excluding carboxylic acids is 1. The maximum Gasteiger partial charge on any atom is 0.248 e. The number of carbonyl (C=O) groups is 1. The molecule has 0 spiro atoms. The Bertz CT molecular complexity index is 586. The average molecular weight is 318 g/mol. The van der Waals surface area contributed by atoms with Gasteiger partial charge in [0.05, 0.1) is 11.8 Å². The zero-order valence-electron chi connectivity index (χ0n) is 13.0. The van der Waals surface area contributed by atoms with Gasteiger partial charge in [0.15, 0.2) is 5.76 Å². The summed E-state index contributed by atoms with van der Waals surface area (Å²) in [6.07, 6.45) is 3.02. The highest BCUT2D eigenvalue weighted by Crippen LogP contribution is 2.19. The van der Waals surface area contributed by atoms with Crippen LogP contribution in [0.5, 0.6) is 0 Å². The van der Waals surface area contributed by atoms with Crippen molar-refractivity contribution in [2.75, 3.05) is 37.9 Å². The minimum atomic E-state index is -0.238. The molecule has 0 aliphatic carbocycles. The summed E-state index contributed by atoms with van der Waals surface area (Å²) in [5.74, 6) is 0.575. The lowest BCUT2D eigenvalue weighted by atomic mass is 10.2. The monoisotopic (exact) mass is 318 g/mol. The highest BCUT2D eigenvalue weighted by atomic mass is 16.6. The molecule has 1 unspecified atom stereocenters. The third-order valence-electron chi connectivity index (χ3n) is 3.29. The first-order valence-electron chi connectivity index (χ1n) is 7.29. The lowest BCUT2D eigenvalue weighted by Crippen LogP contribution is -2.33. The Labute approximate surface area is 135 Å². The summed E-state index contributed by atoms with van der Waals surface area (Å²) in [4.78, 5) is 11.9. The second-order valence-electron chi connectivity index (χ2n) is 5.04. The molecule has 0 bridgehead atoms. The second kappa shape index (κ2) is 8.21. The summed E-state index contributed by atoms with van der Waals surface area (Å²) < 4.78 is 10.4. The first kappa shape index (κ1) is 16.9. The fourth-order valence-electron chi connectivity index (χ4n) is 1.84. The summed E-state index contributed by atoms with van der Waals surface area (Å²) in [7, 11) is 1.61. The number of amides is 1. The van der Waals surface area contributed by atoms with Crippen LogP contribution in [0.25, 0.3) is 0 Å². The molecule has 1 aliphatic rings. The molecule has 1 amide bonds. The van der Waals surface area contributed by atoms with Crippen molar-refractivity contribution in [3.05, 3.63) is 47.9 Å². The zero-order valence-corrected chi connectivity index (χ0v) is 13.0. The molecule has 7 nitrogen and oxygen atoms in total. The molecular weight excluding hydrogens is 296 g/mol. The van der Waals surface area contributed by atoms with Gasteiger partial charge >= 0.3 is 0 Å². The number of epoxide rings is 1. The molecular formula is C16H22N4O3. The van der Waals surface area contributed by atoms with Gasteiger partial charge in [-0.25, -0.2) is 0 Å². The van der Waals surface area contributed by atoms with Gasteiger partial charge in [-0.2, -0.15) is 0 Å². The fourth-order valence-corrected chi connectivity index (χ4v) is 1.84. The number of hydrogen-bond acceptors (Lipinski definition) is 6. The minimum Gasteiger partial charge on any atom is -0.484 e. The van der Waals surface area contributed by atoms with Crippen molar-refractivity contribution >= 4 is 17.3 Å². The van der Waals surface area contributed by atoms with Crippen molar-refractivity contribution in [2.24, 2.45) is 5.73 Å². The number of anilines is 2. The van der Waals surface area contributed by atoms with E-state index in [2.05, 4.69) is 10.6 Å². The van der Waals surface area contributed by atoms with Crippen molar-refractivity contribution in [1.29, 1.82) is 0 Å². The van der Waals surface area contributed by atoms with E-state index >= 15 is 0 Å². The summed E-state index contributed by atoms with van der Waals surface area (Å²) in [5, 5.41) is 5.93. The van der Waals surface area contributed by atoms with Gasteiger partial charge in [-0.1, -0.05) is 0 Å². The second-order valence-corrected chi connectivity index (χ2v) is 5.04. The van der Waals surface area contributed by atoms with Gasteiger partial charge in [0.2, 0.25) is 5.91 Å². The molecule has 1 heterocycles. The van der Waals surface area contributed by atoms with Crippen LogP contribution in [0.3, 0.4) is 0 Å². The van der Waals surface area contributed by atoms with Crippen molar-refractivity contribution in [1.82, 2.24) is 5.32 Å². The maximum absolute atomic E-state index is 11.9. The van der Waals surface area contributed by atoms with E-state index in [1.54, 1.807) is 37.5 Å². The molecule has 124 valence electrons. The number of benzene rings is 1. The third kappa shape index (κ3) is 5.65. The quantitative estimate of drug-likeness (QED) is 0.316. The van der Waals surface area contributed by atoms with Crippen molar-refractivity contribution in [2.45, 2.75) is 6.10 Å². The predicted octanol–water partition coefficient (Wildman–Crippen LogP) is 0.569. The van der Waals surface area contributed by atoms with Gasteiger partial charge in [-0.3, -0.25) is 4.79 Å². The molecule has 6 N–H and O–H groups in total. The normalized spacial score (nSPS) is 16.6. The van der Waals surface area contributed by atoms with Crippen LogP contribution in [0.1, 0.15) is 0 Å². The Kier molecular flexibility index (Phi) is 6.02. The molecule has 1 fully saturated rings. The molecule has 1 aromatic rings. The molecule has 7 heteroatoms. The molecule has 2 rings (SSSR count). The third-order valence-corrected chi connectivity index (χ3v) is 3.29. The van der Waals surface area contributed by atoms with E-state index in [-0.39, 0.29) is 12.0 Å². The van der Waals surface area contributed by atoms with Crippen LogP contribution < -0.4 is 22.1 Å². The van der Waals surface area contributed by atoms with E-state index in [0.717, 1.165) is 11.5 Å². The van der Waals surface area contributed by atoms with Gasteiger partial charge < -0.3 is 31.6 Å².